The normalized spacial score (nSPS) is 16.3. The monoisotopic (exact) mass is 158 g/mol. The second-order valence-electron chi connectivity index (χ2n) is 2.39. The van der Waals surface area contributed by atoms with Gasteiger partial charge in [0.15, 0.2) is 0 Å². The van der Waals surface area contributed by atoms with Crippen molar-refractivity contribution < 1.29 is 4.79 Å². The summed E-state index contributed by atoms with van der Waals surface area (Å²) in [7, 11) is 0. The molecule has 0 heterocycles. The predicted molar refractivity (Wildman–Crippen MR) is 50.7 cm³/mol. The smallest absolute Gasteiger partial charge is 0.142 e. The van der Waals surface area contributed by atoms with Crippen molar-refractivity contribution in [1.82, 2.24) is 0 Å². The van der Waals surface area contributed by atoms with Crippen LogP contribution in [0.5, 0.6) is 0 Å². The van der Waals surface area contributed by atoms with E-state index in [9.17, 15) is 4.79 Å². The topological polar surface area (TPSA) is 17.1 Å². The van der Waals surface area contributed by atoms with E-state index in [-0.39, 0.29) is 0 Å². The van der Waals surface area contributed by atoms with Crippen LogP contribution < -0.4 is 0 Å². The second-order valence-corrected chi connectivity index (χ2v) is 2.39. The van der Waals surface area contributed by atoms with Crippen LogP contribution in [0.4, 0.5) is 0 Å². The molecule has 0 bridgehead atoms. The summed E-state index contributed by atoms with van der Waals surface area (Å²) in [5.41, 5.74) is 2.09. The van der Waals surface area contributed by atoms with Crippen LogP contribution in [0.2, 0.25) is 0 Å². The number of hydrogen-bond donors (Lipinski definition) is 0. The van der Waals surface area contributed by atoms with E-state index < -0.39 is 0 Å². The first-order chi connectivity index (χ1) is 5.84. The van der Waals surface area contributed by atoms with E-state index in [4.69, 9.17) is 0 Å². The van der Waals surface area contributed by atoms with Crippen LogP contribution in [0, 0.1) is 0 Å². The Balaban J connectivity index is 2.53. The van der Waals surface area contributed by atoms with Crippen LogP contribution in [-0.2, 0) is 4.79 Å². The Morgan fingerprint density at radius 2 is 2.08 bits per heavy atom. The summed E-state index contributed by atoms with van der Waals surface area (Å²) in [6.45, 7) is 3.83. The number of aldehydes is 1. The molecule has 0 aromatic carbocycles. The van der Waals surface area contributed by atoms with E-state index in [1.54, 1.807) is 6.08 Å². The molecule has 1 rings (SSSR count). The molecule has 0 N–H and O–H groups in total. The van der Waals surface area contributed by atoms with Crippen molar-refractivity contribution >= 4 is 6.29 Å². The van der Waals surface area contributed by atoms with Gasteiger partial charge in [-0.15, -0.1) is 0 Å². The number of carbonyl (C=O) groups is 1. The first-order valence-electron chi connectivity index (χ1n) is 3.71. The molecule has 0 atom stereocenters. The molecule has 0 amide bonds. The van der Waals surface area contributed by atoms with Crippen LogP contribution in [0.1, 0.15) is 0 Å². The van der Waals surface area contributed by atoms with Gasteiger partial charge in [-0.1, -0.05) is 43.0 Å². The first kappa shape index (κ1) is 8.47. The van der Waals surface area contributed by atoms with Crippen LogP contribution in [0.3, 0.4) is 0 Å². The molecule has 1 aliphatic rings. The highest BCUT2D eigenvalue weighted by Crippen LogP contribution is 2.16. The standard InChI is InChI=1S/C11H10O/c1-10-6-5-8-11(10)7-3-2-4-9-12/h2-9H,1H2/b4-2-,7-3-. The minimum Gasteiger partial charge on any atom is -0.299 e. The van der Waals surface area contributed by atoms with Crippen molar-refractivity contribution in [3.8, 4) is 0 Å². The predicted octanol–water partition coefficient (Wildman–Crippen LogP) is 2.35. The van der Waals surface area contributed by atoms with Crippen LogP contribution in [0.15, 0.2) is 60.3 Å². The molecule has 12 heavy (non-hydrogen) atoms. The Kier molecular flexibility index (Phi) is 3.03. The largest absolute Gasteiger partial charge is 0.299 e. The van der Waals surface area contributed by atoms with Gasteiger partial charge >= 0.3 is 0 Å². The SMILES string of the molecule is C=C1C=CC=C1/C=C\C=C/C=O. The van der Waals surface area contributed by atoms with Crippen molar-refractivity contribution in [2.24, 2.45) is 0 Å². The minimum atomic E-state index is 0.750. The molecule has 0 fully saturated rings. The van der Waals surface area contributed by atoms with Gasteiger partial charge in [-0.2, -0.15) is 0 Å². The quantitative estimate of drug-likeness (QED) is 0.350. The first-order valence-corrected chi connectivity index (χ1v) is 3.71. The van der Waals surface area contributed by atoms with Gasteiger partial charge in [0.05, 0.1) is 0 Å². The Morgan fingerprint density at radius 1 is 1.25 bits per heavy atom. The molecule has 1 aliphatic carbocycles. The van der Waals surface area contributed by atoms with E-state index in [2.05, 4.69) is 6.58 Å². The van der Waals surface area contributed by atoms with E-state index in [0.29, 0.717) is 0 Å². The summed E-state index contributed by atoms with van der Waals surface area (Å²) >= 11 is 0. The highest BCUT2D eigenvalue weighted by molar-refractivity contribution is 5.65. The highest BCUT2D eigenvalue weighted by Gasteiger charge is 1.97. The lowest BCUT2D eigenvalue weighted by Crippen LogP contribution is -1.72. The van der Waals surface area contributed by atoms with Crippen molar-refractivity contribution in [2.45, 2.75) is 0 Å². The maximum atomic E-state index is 9.90. The van der Waals surface area contributed by atoms with Crippen LogP contribution in [0.25, 0.3) is 0 Å². The molecule has 0 aliphatic heterocycles. The average molecular weight is 158 g/mol. The van der Waals surface area contributed by atoms with Crippen molar-refractivity contribution in [1.29, 1.82) is 0 Å². The third-order valence-electron chi connectivity index (χ3n) is 1.52. The summed E-state index contributed by atoms with van der Waals surface area (Å²) in [5.74, 6) is 0. The molecular formula is C11H10O. The van der Waals surface area contributed by atoms with Crippen LogP contribution >= 0.6 is 0 Å². The lowest BCUT2D eigenvalue weighted by Gasteiger charge is -1.91. The molecule has 60 valence electrons. The lowest BCUT2D eigenvalue weighted by atomic mass is 10.1. The molecule has 0 radical (unpaired) electrons. The Morgan fingerprint density at radius 3 is 2.67 bits per heavy atom. The third kappa shape index (κ3) is 2.20. The number of rotatable bonds is 3. The molecule has 0 spiro atoms. The summed E-state index contributed by atoms with van der Waals surface area (Å²) in [6.07, 6.45) is 13.5. The molecule has 1 heteroatoms. The molecule has 0 unspecified atom stereocenters. The fourth-order valence-electron chi connectivity index (χ4n) is 0.903. The number of carbonyl (C=O) groups excluding carboxylic acids is 1. The van der Waals surface area contributed by atoms with E-state index in [0.717, 1.165) is 17.4 Å². The van der Waals surface area contributed by atoms with Gasteiger partial charge in [0, 0.05) is 0 Å². The Hall–Kier alpha value is -1.63. The summed E-state index contributed by atoms with van der Waals surface area (Å²) in [4.78, 5) is 9.90. The zero-order valence-electron chi connectivity index (χ0n) is 6.73. The van der Waals surface area contributed by atoms with Gasteiger partial charge in [-0.05, 0) is 17.2 Å². The highest BCUT2D eigenvalue weighted by atomic mass is 16.1. The number of hydrogen-bond acceptors (Lipinski definition) is 1. The van der Waals surface area contributed by atoms with E-state index in [1.165, 1.54) is 6.08 Å². The average Bonchev–Trinajstić information content (AvgIpc) is 2.46. The molecule has 0 saturated carbocycles. The van der Waals surface area contributed by atoms with Gasteiger partial charge in [-0.25, -0.2) is 0 Å². The lowest BCUT2D eigenvalue weighted by molar-refractivity contribution is -0.104. The fourth-order valence-corrected chi connectivity index (χ4v) is 0.903. The van der Waals surface area contributed by atoms with Gasteiger partial charge in [-0.3, -0.25) is 4.79 Å². The van der Waals surface area contributed by atoms with Gasteiger partial charge in [0.1, 0.15) is 6.29 Å². The zero-order chi connectivity index (χ0) is 8.81. The fraction of sp³-hybridized carbons (Fsp3) is 0. The van der Waals surface area contributed by atoms with Crippen molar-refractivity contribution in [3.63, 3.8) is 0 Å². The number of allylic oxidation sites excluding steroid dienone is 9. The van der Waals surface area contributed by atoms with E-state index >= 15 is 0 Å². The third-order valence-corrected chi connectivity index (χ3v) is 1.52. The Bertz CT molecular complexity index is 301. The summed E-state index contributed by atoms with van der Waals surface area (Å²) in [5, 5.41) is 0. The molecular weight excluding hydrogens is 148 g/mol. The summed E-state index contributed by atoms with van der Waals surface area (Å²) < 4.78 is 0. The van der Waals surface area contributed by atoms with Gasteiger partial charge < -0.3 is 0 Å². The maximum absolute atomic E-state index is 9.90. The van der Waals surface area contributed by atoms with Gasteiger partial charge in [0.25, 0.3) is 0 Å². The van der Waals surface area contributed by atoms with Crippen LogP contribution in [-0.4, -0.2) is 6.29 Å². The Labute approximate surface area is 72.1 Å². The zero-order valence-corrected chi connectivity index (χ0v) is 6.73. The van der Waals surface area contributed by atoms with Gasteiger partial charge in [0.2, 0.25) is 0 Å². The van der Waals surface area contributed by atoms with E-state index in [1.807, 2.05) is 30.4 Å². The molecule has 0 aromatic rings. The molecule has 0 aromatic heterocycles. The molecule has 0 saturated heterocycles. The van der Waals surface area contributed by atoms with Crippen molar-refractivity contribution in [3.05, 3.63) is 60.3 Å². The second kappa shape index (κ2) is 4.29. The summed E-state index contributed by atoms with van der Waals surface area (Å²) in [6, 6.07) is 0. The minimum absolute atomic E-state index is 0.750. The van der Waals surface area contributed by atoms with Crippen molar-refractivity contribution in [2.75, 3.05) is 0 Å². The molecule has 1 nitrogen and oxygen atoms in total. The maximum Gasteiger partial charge on any atom is 0.142 e.